The molecule has 0 spiro atoms. The van der Waals surface area contributed by atoms with Crippen molar-refractivity contribution in [3.63, 3.8) is 0 Å². The van der Waals surface area contributed by atoms with Crippen LogP contribution in [0.4, 0.5) is 0 Å². The molecule has 1 aliphatic rings. The maximum atomic E-state index is 12.5. The molecule has 1 aliphatic heterocycles. The van der Waals surface area contributed by atoms with Crippen LogP contribution in [0.5, 0.6) is 0 Å². The van der Waals surface area contributed by atoms with Crippen LogP contribution in [0, 0.1) is 0 Å². The Balaban J connectivity index is 1.42. The Morgan fingerprint density at radius 2 is 1.83 bits per heavy atom. The number of esters is 1. The number of fused-ring (bicyclic) bond motifs is 1. The molecule has 7 heteroatoms. The smallest absolute Gasteiger partial charge is 0.308 e. The van der Waals surface area contributed by atoms with Gasteiger partial charge in [-0.15, -0.1) is 10.2 Å². The van der Waals surface area contributed by atoms with Crippen molar-refractivity contribution in [2.45, 2.75) is 26.0 Å². The Morgan fingerprint density at radius 1 is 1.07 bits per heavy atom. The molecule has 0 radical (unpaired) electrons. The van der Waals surface area contributed by atoms with Gasteiger partial charge in [0.05, 0.1) is 12.5 Å². The van der Waals surface area contributed by atoms with E-state index in [2.05, 4.69) is 10.2 Å². The molecule has 2 heterocycles. The summed E-state index contributed by atoms with van der Waals surface area (Å²) in [4.78, 5) is 26.0. The van der Waals surface area contributed by atoms with Crippen molar-refractivity contribution < 1.29 is 18.7 Å². The van der Waals surface area contributed by atoms with Crippen LogP contribution in [-0.4, -0.2) is 27.0 Å². The fourth-order valence-corrected chi connectivity index (χ4v) is 3.28. The number of carbonyl (C=O) groups is 2. The minimum Gasteiger partial charge on any atom is -0.456 e. The van der Waals surface area contributed by atoms with Gasteiger partial charge in [-0.3, -0.25) is 9.59 Å². The average Bonchev–Trinajstić information content (AvgIpc) is 3.22. The summed E-state index contributed by atoms with van der Waals surface area (Å²) in [5, 5.41) is 7.90. The summed E-state index contributed by atoms with van der Waals surface area (Å²) in [5.74, 6) is -0.0147. The maximum Gasteiger partial charge on any atom is 0.308 e. The highest BCUT2D eigenvalue weighted by atomic mass is 16.5. The number of carbonyl (C=O) groups excluding carboxylic acids is 2. The number of hydrogen-bond donors (Lipinski definition) is 0. The van der Waals surface area contributed by atoms with E-state index in [0.717, 1.165) is 16.7 Å². The van der Waals surface area contributed by atoms with Crippen molar-refractivity contribution in [1.82, 2.24) is 15.1 Å². The second-order valence-corrected chi connectivity index (χ2v) is 6.62. The van der Waals surface area contributed by atoms with E-state index < -0.39 is 12.0 Å². The lowest BCUT2D eigenvalue weighted by atomic mass is 9.94. The lowest BCUT2D eigenvalue weighted by Crippen LogP contribution is -2.32. The molecule has 3 aromatic rings. The molecule has 1 amide bonds. The van der Waals surface area contributed by atoms with E-state index in [9.17, 15) is 9.59 Å². The van der Waals surface area contributed by atoms with Crippen molar-refractivity contribution in [3.05, 3.63) is 77.8 Å². The molecule has 146 valence electrons. The summed E-state index contributed by atoms with van der Waals surface area (Å²) in [7, 11) is 0. The molecule has 2 aromatic carbocycles. The van der Waals surface area contributed by atoms with Gasteiger partial charge in [-0.25, -0.2) is 0 Å². The summed E-state index contributed by atoms with van der Waals surface area (Å²) in [6.45, 7) is 1.35. The first-order valence-corrected chi connectivity index (χ1v) is 9.21. The van der Waals surface area contributed by atoms with E-state index in [-0.39, 0.29) is 24.8 Å². The number of nitrogens with zero attached hydrogens (tertiary/aromatic N) is 3. The highest BCUT2D eigenvalue weighted by Crippen LogP contribution is 2.33. The first-order valence-electron chi connectivity index (χ1n) is 9.21. The SMILES string of the molecule is CC(=O)N1C=Cc2ccccc2[C@@H]1CC(=O)OCc1nnc(-c2ccccc2)o1. The minimum absolute atomic E-state index is 0.0284. The van der Waals surface area contributed by atoms with Gasteiger partial charge < -0.3 is 14.1 Å². The van der Waals surface area contributed by atoms with Crippen LogP contribution in [0.15, 0.2) is 65.2 Å². The molecule has 1 aromatic heterocycles. The summed E-state index contributed by atoms with van der Waals surface area (Å²) in [6.07, 6.45) is 3.59. The zero-order valence-electron chi connectivity index (χ0n) is 15.8. The van der Waals surface area contributed by atoms with Gasteiger partial charge in [0, 0.05) is 18.7 Å². The summed E-state index contributed by atoms with van der Waals surface area (Å²) >= 11 is 0. The number of benzene rings is 2. The molecular weight excluding hydrogens is 370 g/mol. The highest BCUT2D eigenvalue weighted by Gasteiger charge is 2.29. The van der Waals surface area contributed by atoms with Gasteiger partial charge in [0.15, 0.2) is 6.61 Å². The Bertz CT molecular complexity index is 1060. The zero-order chi connectivity index (χ0) is 20.2. The van der Waals surface area contributed by atoms with Crippen LogP contribution < -0.4 is 0 Å². The predicted molar refractivity (Wildman–Crippen MR) is 105 cm³/mol. The van der Waals surface area contributed by atoms with Crippen LogP contribution in [0.1, 0.15) is 36.4 Å². The fourth-order valence-electron chi connectivity index (χ4n) is 3.28. The van der Waals surface area contributed by atoms with Crippen molar-refractivity contribution >= 4 is 18.0 Å². The Morgan fingerprint density at radius 3 is 2.62 bits per heavy atom. The Labute approximate surface area is 167 Å². The number of rotatable bonds is 5. The maximum absolute atomic E-state index is 12.5. The molecule has 4 rings (SSSR count). The van der Waals surface area contributed by atoms with E-state index >= 15 is 0 Å². The van der Waals surface area contributed by atoms with Gasteiger partial charge in [-0.2, -0.15) is 0 Å². The third-order valence-corrected chi connectivity index (χ3v) is 4.67. The number of ether oxygens (including phenoxy) is 1. The highest BCUT2D eigenvalue weighted by molar-refractivity contribution is 5.80. The average molecular weight is 389 g/mol. The molecule has 0 saturated carbocycles. The van der Waals surface area contributed by atoms with Gasteiger partial charge in [0.1, 0.15) is 0 Å². The zero-order valence-corrected chi connectivity index (χ0v) is 15.8. The third kappa shape index (κ3) is 4.08. The summed E-state index contributed by atoms with van der Waals surface area (Å²) in [6, 6.07) is 16.6. The first-order chi connectivity index (χ1) is 14.1. The largest absolute Gasteiger partial charge is 0.456 e. The van der Waals surface area contributed by atoms with Crippen LogP contribution >= 0.6 is 0 Å². The van der Waals surface area contributed by atoms with Gasteiger partial charge in [0.2, 0.25) is 11.8 Å². The lowest BCUT2D eigenvalue weighted by Gasteiger charge is -2.32. The van der Waals surface area contributed by atoms with Crippen molar-refractivity contribution in [3.8, 4) is 11.5 Å². The van der Waals surface area contributed by atoms with Crippen molar-refractivity contribution in [1.29, 1.82) is 0 Å². The minimum atomic E-state index is -0.453. The summed E-state index contributed by atoms with van der Waals surface area (Å²) < 4.78 is 10.9. The van der Waals surface area contributed by atoms with Crippen molar-refractivity contribution in [2.75, 3.05) is 0 Å². The van der Waals surface area contributed by atoms with Crippen LogP contribution in [-0.2, 0) is 20.9 Å². The molecular formula is C22H19N3O4. The molecule has 0 bridgehead atoms. The van der Waals surface area contributed by atoms with E-state index in [4.69, 9.17) is 9.15 Å². The standard InChI is InChI=1S/C22H19N3O4/c1-15(26)25-12-11-16-7-5-6-10-18(16)19(25)13-21(27)28-14-20-23-24-22(29-20)17-8-3-2-4-9-17/h2-12,19H,13-14H2,1H3/t19-/m0/s1. The first kappa shape index (κ1) is 18.6. The molecule has 0 unspecified atom stereocenters. The monoisotopic (exact) mass is 389 g/mol. The normalized spacial score (nSPS) is 15.1. The van der Waals surface area contributed by atoms with Crippen LogP contribution in [0.3, 0.4) is 0 Å². The Hall–Kier alpha value is -3.74. The number of aromatic nitrogens is 2. The van der Waals surface area contributed by atoms with E-state index in [1.165, 1.54) is 6.92 Å². The van der Waals surface area contributed by atoms with Gasteiger partial charge in [0.25, 0.3) is 5.89 Å². The molecule has 0 fully saturated rings. The lowest BCUT2D eigenvalue weighted by molar-refractivity contribution is -0.147. The molecule has 0 N–H and O–H groups in total. The molecule has 1 atom stereocenters. The third-order valence-electron chi connectivity index (χ3n) is 4.67. The van der Waals surface area contributed by atoms with Gasteiger partial charge >= 0.3 is 5.97 Å². The van der Waals surface area contributed by atoms with Gasteiger partial charge in [-0.1, -0.05) is 42.5 Å². The second kappa shape index (κ2) is 8.10. The van der Waals surface area contributed by atoms with E-state index in [1.54, 1.807) is 11.1 Å². The Kier molecular flexibility index (Phi) is 5.20. The number of amides is 1. The van der Waals surface area contributed by atoms with Crippen LogP contribution in [0.25, 0.3) is 17.5 Å². The van der Waals surface area contributed by atoms with E-state index in [0.29, 0.717) is 5.89 Å². The van der Waals surface area contributed by atoms with Crippen LogP contribution in [0.2, 0.25) is 0 Å². The van der Waals surface area contributed by atoms with Gasteiger partial charge in [-0.05, 0) is 29.3 Å². The van der Waals surface area contributed by atoms with Crippen molar-refractivity contribution in [2.24, 2.45) is 0 Å². The topological polar surface area (TPSA) is 85.5 Å². The molecule has 29 heavy (non-hydrogen) atoms. The number of hydrogen-bond acceptors (Lipinski definition) is 6. The van der Waals surface area contributed by atoms with E-state index in [1.807, 2.05) is 60.7 Å². The quantitative estimate of drug-likeness (QED) is 0.618. The second-order valence-electron chi connectivity index (χ2n) is 6.62. The molecule has 7 nitrogen and oxygen atoms in total. The predicted octanol–water partition coefficient (Wildman–Crippen LogP) is 3.74. The fraction of sp³-hybridized carbons (Fsp3) is 0.182. The molecule has 0 saturated heterocycles. The molecule has 0 aliphatic carbocycles. The summed E-state index contributed by atoms with van der Waals surface area (Å²) in [5.41, 5.74) is 2.68.